The lowest BCUT2D eigenvalue weighted by Gasteiger charge is -2.34. The summed E-state index contributed by atoms with van der Waals surface area (Å²) in [5, 5.41) is 32.0. The second-order valence-electron chi connectivity index (χ2n) is 5.79. The van der Waals surface area contributed by atoms with Crippen LogP contribution in [0.1, 0.15) is 43.0 Å². The third-order valence-corrected chi connectivity index (χ3v) is 4.01. The lowest BCUT2D eigenvalue weighted by Crippen LogP contribution is -2.45. The van der Waals surface area contributed by atoms with Crippen molar-refractivity contribution in [3.63, 3.8) is 0 Å². The van der Waals surface area contributed by atoms with E-state index in [-0.39, 0.29) is 23.6 Å². The van der Waals surface area contributed by atoms with E-state index in [4.69, 9.17) is 0 Å². The largest absolute Gasteiger partial charge is 0.508 e. The Kier molecular flexibility index (Phi) is 4.18. The molecule has 1 aliphatic carbocycles. The molecule has 1 aromatic carbocycles. The van der Waals surface area contributed by atoms with Crippen molar-refractivity contribution in [3.05, 3.63) is 23.8 Å². The Morgan fingerprint density at radius 1 is 1.35 bits per heavy atom. The van der Waals surface area contributed by atoms with Crippen LogP contribution in [0, 0.1) is 5.92 Å². The van der Waals surface area contributed by atoms with Gasteiger partial charge in [0.25, 0.3) is 5.91 Å². The molecule has 1 saturated carbocycles. The lowest BCUT2D eigenvalue weighted by molar-refractivity contribution is -0.00542. The van der Waals surface area contributed by atoms with Crippen LogP contribution in [0.4, 0.5) is 0 Å². The Labute approximate surface area is 118 Å². The first-order valence-electron chi connectivity index (χ1n) is 6.92. The first-order chi connectivity index (χ1) is 9.39. The third kappa shape index (κ3) is 3.42. The third-order valence-electron chi connectivity index (χ3n) is 4.01. The molecule has 0 bridgehead atoms. The van der Waals surface area contributed by atoms with Gasteiger partial charge in [0, 0.05) is 6.54 Å². The summed E-state index contributed by atoms with van der Waals surface area (Å²) in [6.45, 7) is 2.32. The number of phenols is 2. The Balaban J connectivity index is 1.97. The Bertz CT molecular complexity index is 493. The molecule has 4 N–H and O–H groups in total. The van der Waals surface area contributed by atoms with Gasteiger partial charge in [-0.3, -0.25) is 4.79 Å². The van der Waals surface area contributed by atoms with Gasteiger partial charge in [-0.25, -0.2) is 0 Å². The topological polar surface area (TPSA) is 89.8 Å². The van der Waals surface area contributed by atoms with Gasteiger partial charge >= 0.3 is 0 Å². The van der Waals surface area contributed by atoms with Gasteiger partial charge in [0.1, 0.15) is 11.5 Å². The molecule has 0 heterocycles. The fraction of sp³-hybridized carbons (Fsp3) is 0.533. The fourth-order valence-electron chi connectivity index (χ4n) is 2.52. The van der Waals surface area contributed by atoms with Crippen molar-refractivity contribution < 1.29 is 20.1 Å². The van der Waals surface area contributed by atoms with E-state index in [0.29, 0.717) is 18.8 Å². The first-order valence-corrected chi connectivity index (χ1v) is 6.92. The molecule has 1 amide bonds. The van der Waals surface area contributed by atoms with Crippen LogP contribution in [0.5, 0.6) is 11.5 Å². The van der Waals surface area contributed by atoms with Gasteiger partial charge in [-0.15, -0.1) is 0 Å². The van der Waals surface area contributed by atoms with Crippen molar-refractivity contribution in [2.75, 3.05) is 6.54 Å². The number of rotatable bonds is 3. The quantitative estimate of drug-likeness (QED) is 0.635. The number of hydrogen-bond donors (Lipinski definition) is 4. The van der Waals surface area contributed by atoms with E-state index in [9.17, 15) is 20.1 Å². The molecular formula is C15H21NO4. The van der Waals surface area contributed by atoms with Crippen molar-refractivity contribution in [2.45, 2.75) is 38.2 Å². The highest BCUT2D eigenvalue weighted by Crippen LogP contribution is 2.31. The van der Waals surface area contributed by atoms with Gasteiger partial charge in [0.2, 0.25) is 0 Å². The summed E-state index contributed by atoms with van der Waals surface area (Å²) in [6, 6.07) is 3.78. The van der Waals surface area contributed by atoms with Gasteiger partial charge in [-0.2, -0.15) is 0 Å². The van der Waals surface area contributed by atoms with Gasteiger partial charge in [-0.1, -0.05) is 6.92 Å². The van der Waals surface area contributed by atoms with Crippen molar-refractivity contribution in [1.82, 2.24) is 5.32 Å². The van der Waals surface area contributed by atoms with Crippen molar-refractivity contribution in [2.24, 2.45) is 5.92 Å². The highest BCUT2D eigenvalue weighted by atomic mass is 16.3. The van der Waals surface area contributed by atoms with Crippen LogP contribution in [0.2, 0.25) is 0 Å². The number of aromatic hydroxyl groups is 2. The standard InChI is InChI=1S/C15H21NO4/c1-10-4-6-15(20,7-5-10)9-16-14(19)12-8-11(17)2-3-13(12)18/h2-3,8,10,17-18,20H,4-7,9H2,1H3,(H,16,19). The van der Waals surface area contributed by atoms with Gasteiger partial charge < -0.3 is 20.6 Å². The van der Waals surface area contributed by atoms with Crippen molar-refractivity contribution >= 4 is 5.91 Å². The van der Waals surface area contributed by atoms with Gasteiger partial charge in [-0.05, 0) is 49.8 Å². The SMILES string of the molecule is CC1CCC(O)(CNC(=O)c2cc(O)ccc2O)CC1. The summed E-state index contributed by atoms with van der Waals surface area (Å²) in [5.41, 5.74) is -0.855. The molecule has 1 fully saturated rings. The Morgan fingerprint density at radius 3 is 2.65 bits per heavy atom. The Morgan fingerprint density at radius 2 is 2.00 bits per heavy atom. The molecule has 0 unspecified atom stereocenters. The lowest BCUT2D eigenvalue weighted by atomic mass is 9.79. The maximum absolute atomic E-state index is 12.0. The number of carbonyl (C=O) groups excluding carboxylic acids is 1. The van der Waals surface area contributed by atoms with Gasteiger partial charge in [0.05, 0.1) is 11.2 Å². The maximum Gasteiger partial charge on any atom is 0.255 e. The maximum atomic E-state index is 12.0. The molecule has 20 heavy (non-hydrogen) atoms. The molecule has 110 valence electrons. The van der Waals surface area contributed by atoms with E-state index in [2.05, 4.69) is 12.2 Å². The molecule has 0 aliphatic heterocycles. The number of hydrogen-bond acceptors (Lipinski definition) is 4. The fourth-order valence-corrected chi connectivity index (χ4v) is 2.52. The molecule has 0 atom stereocenters. The number of benzene rings is 1. The summed E-state index contributed by atoms with van der Waals surface area (Å²) in [5.74, 6) is -0.158. The Hall–Kier alpha value is -1.75. The summed E-state index contributed by atoms with van der Waals surface area (Å²) in [7, 11) is 0. The number of aliphatic hydroxyl groups is 1. The van der Waals surface area contributed by atoms with Crippen molar-refractivity contribution in [3.8, 4) is 11.5 Å². The van der Waals surface area contributed by atoms with Crippen LogP contribution < -0.4 is 5.32 Å². The molecule has 1 aliphatic rings. The molecule has 0 aromatic heterocycles. The second-order valence-corrected chi connectivity index (χ2v) is 5.79. The molecule has 5 heteroatoms. The molecular weight excluding hydrogens is 258 g/mol. The van der Waals surface area contributed by atoms with Crippen molar-refractivity contribution in [1.29, 1.82) is 0 Å². The van der Waals surface area contributed by atoms with Gasteiger partial charge in [0.15, 0.2) is 0 Å². The summed E-state index contributed by atoms with van der Waals surface area (Å²) in [6.07, 6.45) is 3.23. The van der Waals surface area contributed by atoms with E-state index in [1.807, 2.05) is 0 Å². The highest BCUT2D eigenvalue weighted by molar-refractivity contribution is 5.97. The van der Waals surface area contributed by atoms with Crippen LogP contribution in [-0.2, 0) is 0 Å². The van der Waals surface area contributed by atoms with Crippen LogP contribution >= 0.6 is 0 Å². The highest BCUT2D eigenvalue weighted by Gasteiger charge is 2.32. The second kappa shape index (κ2) is 5.71. The molecule has 2 rings (SSSR count). The zero-order chi connectivity index (χ0) is 14.8. The minimum Gasteiger partial charge on any atom is -0.508 e. The smallest absolute Gasteiger partial charge is 0.255 e. The predicted octanol–water partition coefficient (Wildman–Crippen LogP) is 1.77. The van der Waals surface area contributed by atoms with E-state index in [1.165, 1.54) is 18.2 Å². The molecule has 0 radical (unpaired) electrons. The number of amides is 1. The minimum absolute atomic E-state index is 0.0118. The summed E-state index contributed by atoms with van der Waals surface area (Å²) < 4.78 is 0. The molecule has 0 spiro atoms. The summed E-state index contributed by atoms with van der Waals surface area (Å²) in [4.78, 5) is 12.0. The minimum atomic E-state index is -0.866. The number of carbonyl (C=O) groups is 1. The monoisotopic (exact) mass is 279 g/mol. The zero-order valence-corrected chi connectivity index (χ0v) is 11.6. The molecule has 0 saturated heterocycles. The van der Waals surface area contributed by atoms with Crippen LogP contribution in [0.15, 0.2) is 18.2 Å². The summed E-state index contributed by atoms with van der Waals surface area (Å²) >= 11 is 0. The number of phenolic OH excluding ortho intramolecular Hbond substituents is 2. The zero-order valence-electron chi connectivity index (χ0n) is 11.6. The average molecular weight is 279 g/mol. The molecule has 5 nitrogen and oxygen atoms in total. The first kappa shape index (κ1) is 14.7. The number of nitrogens with one attached hydrogen (secondary N) is 1. The molecule has 1 aromatic rings. The van der Waals surface area contributed by atoms with Crippen LogP contribution in [0.25, 0.3) is 0 Å². The predicted molar refractivity (Wildman–Crippen MR) is 74.7 cm³/mol. The van der Waals surface area contributed by atoms with Crippen LogP contribution in [0.3, 0.4) is 0 Å². The van der Waals surface area contributed by atoms with Crippen LogP contribution in [-0.4, -0.2) is 33.4 Å². The van der Waals surface area contributed by atoms with E-state index in [1.54, 1.807) is 0 Å². The average Bonchev–Trinajstić information content (AvgIpc) is 2.43. The van der Waals surface area contributed by atoms with E-state index >= 15 is 0 Å². The normalized spacial score (nSPS) is 26.2. The van der Waals surface area contributed by atoms with E-state index in [0.717, 1.165) is 12.8 Å². The van der Waals surface area contributed by atoms with E-state index < -0.39 is 11.5 Å².